The maximum atomic E-state index is 11.8. The predicted octanol–water partition coefficient (Wildman–Crippen LogP) is 6.70. The first-order valence-corrected chi connectivity index (χ1v) is 14.8. The van der Waals surface area contributed by atoms with Crippen molar-refractivity contribution in [2.45, 2.75) is 65.2 Å². The smallest absolute Gasteiger partial charge is 0.308 e. The lowest BCUT2D eigenvalue weighted by Gasteiger charge is -2.36. The molecular weight excluding hydrogens is 514 g/mol. The van der Waals surface area contributed by atoms with Crippen molar-refractivity contribution in [2.24, 2.45) is 4.99 Å². The molecule has 0 aromatic heterocycles. The van der Waals surface area contributed by atoms with Crippen LogP contribution in [0, 0.1) is 6.92 Å². The lowest BCUT2D eigenvalue weighted by atomic mass is 10.0. The molecule has 0 amide bonds. The van der Waals surface area contributed by atoms with Crippen LogP contribution in [0.2, 0.25) is 5.02 Å². The largest absolute Gasteiger partial charge is 0.494 e. The Hall–Kier alpha value is -2.77. The highest BCUT2D eigenvalue weighted by Gasteiger charge is 2.19. The first-order chi connectivity index (χ1) is 19.0. The van der Waals surface area contributed by atoms with Gasteiger partial charge in [-0.1, -0.05) is 49.6 Å². The lowest BCUT2D eigenvalue weighted by Crippen LogP contribution is -2.46. The highest BCUT2D eigenvalue weighted by Crippen LogP contribution is 2.31. The van der Waals surface area contributed by atoms with Crippen LogP contribution in [0.15, 0.2) is 41.4 Å². The van der Waals surface area contributed by atoms with Crippen molar-refractivity contribution < 1.29 is 19.0 Å². The molecule has 0 bridgehead atoms. The number of anilines is 1. The first-order valence-electron chi connectivity index (χ1n) is 14.4. The van der Waals surface area contributed by atoms with Gasteiger partial charge in [-0.25, -0.2) is 4.99 Å². The molecule has 0 atom stereocenters. The van der Waals surface area contributed by atoms with Crippen LogP contribution in [0.3, 0.4) is 0 Å². The second-order valence-electron chi connectivity index (χ2n) is 10.3. The zero-order chi connectivity index (χ0) is 27.5. The van der Waals surface area contributed by atoms with Gasteiger partial charge < -0.3 is 19.1 Å². The van der Waals surface area contributed by atoms with Crippen LogP contribution < -0.4 is 9.64 Å². The average molecular weight is 556 g/mol. The van der Waals surface area contributed by atoms with Crippen molar-refractivity contribution in [1.82, 2.24) is 4.90 Å². The molecule has 2 aromatic carbocycles. The van der Waals surface area contributed by atoms with Gasteiger partial charge in [-0.05, 0) is 62.4 Å². The number of unbranched alkanes of at least 4 members (excludes halogenated alkanes) is 3. The summed E-state index contributed by atoms with van der Waals surface area (Å²) < 4.78 is 16.8. The fourth-order valence-electron chi connectivity index (χ4n) is 4.96. The van der Waals surface area contributed by atoms with E-state index in [2.05, 4.69) is 52.9 Å². The van der Waals surface area contributed by atoms with Gasteiger partial charge >= 0.3 is 5.97 Å². The molecule has 2 aromatic rings. The van der Waals surface area contributed by atoms with Crippen molar-refractivity contribution in [3.05, 3.63) is 52.5 Å². The zero-order valence-electron chi connectivity index (χ0n) is 23.4. The molecule has 2 aliphatic rings. The number of aliphatic imine (C=N–C) groups is 1. The molecule has 212 valence electrons. The summed E-state index contributed by atoms with van der Waals surface area (Å²) in [4.78, 5) is 21.3. The zero-order valence-corrected chi connectivity index (χ0v) is 24.2. The van der Waals surface area contributed by atoms with E-state index in [1.807, 2.05) is 12.1 Å². The first kappa shape index (κ1) is 29.2. The van der Waals surface area contributed by atoms with E-state index in [1.54, 1.807) is 0 Å². The quantitative estimate of drug-likeness (QED) is 0.156. The van der Waals surface area contributed by atoms with Crippen LogP contribution in [0.1, 0.15) is 63.0 Å². The maximum absolute atomic E-state index is 11.8. The van der Waals surface area contributed by atoms with E-state index in [-0.39, 0.29) is 12.8 Å². The van der Waals surface area contributed by atoms with Gasteiger partial charge in [0, 0.05) is 45.1 Å². The molecule has 0 unspecified atom stereocenters. The van der Waals surface area contributed by atoms with Crippen LogP contribution in [-0.2, 0) is 20.7 Å². The molecule has 7 nitrogen and oxygen atoms in total. The fraction of sp³-hybridized carbons (Fsp3) is 0.548. The number of hydrogen-bond donors (Lipinski definition) is 0. The molecule has 0 spiro atoms. The molecule has 1 saturated heterocycles. The van der Waals surface area contributed by atoms with Gasteiger partial charge in [-0.3, -0.25) is 9.69 Å². The number of aryl methyl sites for hydroxylation is 2. The number of esters is 1. The van der Waals surface area contributed by atoms with E-state index in [9.17, 15) is 4.79 Å². The van der Waals surface area contributed by atoms with Gasteiger partial charge in [0.2, 0.25) is 6.79 Å². The molecule has 0 saturated carbocycles. The molecule has 4 rings (SSSR count). The molecule has 39 heavy (non-hydrogen) atoms. The minimum Gasteiger partial charge on any atom is -0.494 e. The summed E-state index contributed by atoms with van der Waals surface area (Å²) >= 11 is 6.53. The van der Waals surface area contributed by atoms with E-state index < -0.39 is 0 Å². The number of ether oxygens (including phenoxy) is 3. The molecule has 2 aliphatic heterocycles. The number of fused-ring (bicyclic) bond motifs is 1. The van der Waals surface area contributed by atoms with E-state index in [0.717, 1.165) is 99.0 Å². The summed E-state index contributed by atoms with van der Waals surface area (Å²) in [6.45, 7) is 9.96. The number of rotatable bonds is 13. The number of hydrogen-bond acceptors (Lipinski definition) is 7. The summed E-state index contributed by atoms with van der Waals surface area (Å²) in [7, 11) is 0. The number of piperazine rings is 1. The number of benzene rings is 2. The van der Waals surface area contributed by atoms with Crippen molar-refractivity contribution >= 4 is 34.8 Å². The number of carbonyl (C=O) groups is 1. The molecule has 1 fully saturated rings. The summed E-state index contributed by atoms with van der Waals surface area (Å²) in [5, 5.41) is 0.874. The SMILES string of the molecule is CCCCCC(=O)OCOC1=Nc2cc(OCCCCN3CCN(c4cccc(C)c4Cl)CC3)ccc2CC1. The molecule has 8 heteroatoms. The Morgan fingerprint density at radius 1 is 1.00 bits per heavy atom. The summed E-state index contributed by atoms with van der Waals surface area (Å²) in [5.74, 6) is 1.21. The van der Waals surface area contributed by atoms with Gasteiger partial charge in [-0.2, -0.15) is 0 Å². The second-order valence-corrected chi connectivity index (χ2v) is 10.7. The van der Waals surface area contributed by atoms with E-state index in [4.69, 9.17) is 25.8 Å². The van der Waals surface area contributed by atoms with Gasteiger partial charge in [0.05, 0.1) is 23.0 Å². The Morgan fingerprint density at radius 2 is 1.85 bits per heavy atom. The molecule has 0 radical (unpaired) electrons. The normalized spacial score (nSPS) is 15.5. The van der Waals surface area contributed by atoms with Crippen LogP contribution >= 0.6 is 11.6 Å². The van der Waals surface area contributed by atoms with Gasteiger partial charge in [-0.15, -0.1) is 0 Å². The van der Waals surface area contributed by atoms with Crippen LogP contribution in [0.4, 0.5) is 11.4 Å². The third kappa shape index (κ3) is 8.87. The minimum absolute atomic E-state index is 0.0793. The Kier molecular flexibility index (Phi) is 11.3. The minimum atomic E-state index is -0.217. The summed E-state index contributed by atoms with van der Waals surface area (Å²) in [6, 6.07) is 12.3. The monoisotopic (exact) mass is 555 g/mol. The summed E-state index contributed by atoms with van der Waals surface area (Å²) in [5.41, 5.74) is 4.33. The molecule has 0 aliphatic carbocycles. The van der Waals surface area contributed by atoms with E-state index in [1.165, 1.54) is 5.56 Å². The van der Waals surface area contributed by atoms with Crippen molar-refractivity contribution in [1.29, 1.82) is 0 Å². The predicted molar refractivity (Wildman–Crippen MR) is 158 cm³/mol. The van der Waals surface area contributed by atoms with Gasteiger partial charge in [0.15, 0.2) is 5.90 Å². The topological polar surface area (TPSA) is 63.6 Å². The van der Waals surface area contributed by atoms with Crippen molar-refractivity contribution in [3.8, 4) is 5.75 Å². The van der Waals surface area contributed by atoms with Crippen LogP contribution in [0.25, 0.3) is 0 Å². The number of halogens is 1. The third-order valence-corrected chi connectivity index (χ3v) is 7.85. The Morgan fingerprint density at radius 3 is 2.67 bits per heavy atom. The number of carbonyl (C=O) groups excluding carboxylic acids is 1. The molecule has 2 heterocycles. The van der Waals surface area contributed by atoms with Crippen molar-refractivity contribution in [3.63, 3.8) is 0 Å². The molecule has 0 N–H and O–H groups in total. The number of nitrogens with zero attached hydrogens (tertiary/aromatic N) is 3. The Balaban J connectivity index is 1.13. The van der Waals surface area contributed by atoms with Gasteiger partial charge in [0.1, 0.15) is 5.75 Å². The van der Waals surface area contributed by atoms with Gasteiger partial charge in [0.25, 0.3) is 0 Å². The van der Waals surface area contributed by atoms with Crippen molar-refractivity contribution in [2.75, 3.05) is 51.0 Å². The molecular formula is C31H42ClN3O4. The van der Waals surface area contributed by atoms with Crippen LogP contribution in [0.5, 0.6) is 5.75 Å². The van der Waals surface area contributed by atoms with Crippen LogP contribution in [-0.4, -0.2) is 62.9 Å². The maximum Gasteiger partial charge on any atom is 0.308 e. The highest BCUT2D eigenvalue weighted by atomic mass is 35.5. The standard InChI is InChI=1S/C31H42ClN3O4/c1-3-4-5-11-30(36)39-23-38-29-15-13-25-12-14-26(22-27(25)33-29)37-21-7-6-16-34-17-19-35(20-18-34)28-10-8-9-24(2)31(28)32/h8-10,12,14,22H,3-7,11,13,15-21,23H2,1-2H3. The summed E-state index contributed by atoms with van der Waals surface area (Å²) in [6.07, 6.45) is 7.06. The Bertz CT molecular complexity index is 1120. The Labute approximate surface area is 238 Å². The third-order valence-electron chi connectivity index (χ3n) is 7.36. The average Bonchev–Trinajstić information content (AvgIpc) is 2.95. The van der Waals surface area contributed by atoms with E-state index in [0.29, 0.717) is 25.3 Å². The van der Waals surface area contributed by atoms with E-state index >= 15 is 0 Å². The fourth-order valence-corrected chi connectivity index (χ4v) is 5.20. The lowest BCUT2D eigenvalue weighted by molar-refractivity contribution is -0.151. The second kappa shape index (κ2) is 15.1. The highest BCUT2D eigenvalue weighted by molar-refractivity contribution is 6.34.